The van der Waals surface area contributed by atoms with Crippen LogP contribution in [0.25, 0.3) is 32.1 Å². The number of anilines is 1. The molecule has 10 heteroatoms. The second kappa shape index (κ2) is 10.1. The Morgan fingerprint density at radius 2 is 1.82 bits per heavy atom. The van der Waals surface area contributed by atoms with Gasteiger partial charge in [-0.05, 0) is 60.9 Å². The molecule has 0 radical (unpaired) electrons. The molecule has 0 spiro atoms. The zero-order valence-corrected chi connectivity index (χ0v) is 23.3. The van der Waals surface area contributed by atoms with E-state index in [9.17, 15) is 9.59 Å². The number of halogens is 1. The zero-order chi connectivity index (χ0) is 26.4. The van der Waals surface area contributed by atoms with Gasteiger partial charge in [-0.15, -0.1) is 11.3 Å². The van der Waals surface area contributed by atoms with Gasteiger partial charge < -0.3 is 14.2 Å². The number of rotatable bonds is 6. The Morgan fingerprint density at radius 3 is 2.53 bits per heavy atom. The summed E-state index contributed by atoms with van der Waals surface area (Å²) in [7, 11) is 3.63. The molecular weight excluding hydrogens is 540 g/mol. The SMILES string of the molecule is CN(C)C(=O)C1CCN(c2nc3sc(C(=O)Cc4ccc5oc(-c6ccc(Cl)cc6)nc5c4)cc3s2)CC1. The Labute approximate surface area is 232 Å². The van der Waals surface area contributed by atoms with Crippen molar-refractivity contribution in [2.75, 3.05) is 32.1 Å². The molecule has 1 aliphatic heterocycles. The first-order valence-corrected chi connectivity index (χ1v) is 14.4. The van der Waals surface area contributed by atoms with E-state index in [1.165, 1.54) is 11.3 Å². The Bertz CT molecular complexity index is 1610. The van der Waals surface area contributed by atoms with Gasteiger partial charge >= 0.3 is 0 Å². The minimum Gasteiger partial charge on any atom is -0.436 e. The summed E-state index contributed by atoms with van der Waals surface area (Å²) < 4.78 is 6.92. The van der Waals surface area contributed by atoms with Crippen molar-refractivity contribution >= 4 is 71.7 Å². The van der Waals surface area contributed by atoms with Crippen LogP contribution < -0.4 is 4.90 Å². The predicted molar refractivity (Wildman–Crippen MR) is 154 cm³/mol. The van der Waals surface area contributed by atoms with Gasteiger partial charge in [-0.25, -0.2) is 9.97 Å². The number of hydrogen-bond donors (Lipinski definition) is 0. The molecule has 0 unspecified atom stereocenters. The van der Waals surface area contributed by atoms with E-state index in [0.717, 1.165) is 57.2 Å². The molecule has 6 rings (SSSR count). The van der Waals surface area contributed by atoms with Gasteiger partial charge in [0, 0.05) is 50.1 Å². The molecule has 1 aliphatic rings. The number of oxazole rings is 1. The van der Waals surface area contributed by atoms with Crippen molar-refractivity contribution in [1.82, 2.24) is 14.9 Å². The van der Waals surface area contributed by atoms with E-state index in [0.29, 0.717) is 21.4 Å². The molecule has 1 fully saturated rings. The van der Waals surface area contributed by atoms with Crippen LogP contribution in [-0.2, 0) is 11.2 Å². The van der Waals surface area contributed by atoms with Crippen molar-refractivity contribution in [1.29, 1.82) is 0 Å². The summed E-state index contributed by atoms with van der Waals surface area (Å²) in [6.45, 7) is 1.64. The molecule has 0 atom stereocenters. The third kappa shape index (κ3) is 4.93. The van der Waals surface area contributed by atoms with Crippen LogP contribution in [0.3, 0.4) is 0 Å². The largest absolute Gasteiger partial charge is 0.436 e. The number of piperidine rings is 1. The van der Waals surface area contributed by atoms with E-state index in [4.69, 9.17) is 21.0 Å². The molecular formula is C28H25ClN4O3S2. The molecule has 3 aromatic heterocycles. The third-order valence-corrected chi connectivity index (χ3v) is 9.33. The maximum Gasteiger partial charge on any atom is 0.227 e. The van der Waals surface area contributed by atoms with Crippen LogP contribution in [0.2, 0.25) is 5.02 Å². The molecule has 7 nitrogen and oxygen atoms in total. The maximum atomic E-state index is 13.1. The van der Waals surface area contributed by atoms with E-state index >= 15 is 0 Å². The molecule has 1 saturated heterocycles. The van der Waals surface area contributed by atoms with Crippen molar-refractivity contribution in [2.24, 2.45) is 5.92 Å². The summed E-state index contributed by atoms with van der Waals surface area (Å²) in [6.07, 6.45) is 1.96. The van der Waals surface area contributed by atoms with E-state index in [1.807, 2.05) is 50.5 Å². The van der Waals surface area contributed by atoms with Crippen molar-refractivity contribution in [3.05, 3.63) is 64.0 Å². The lowest BCUT2D eigenvalue weighted by Crippen LogP contribution is -2.40. The molecule has 0 bridgehead atoms. The maximum absolute atomic E-state index is 13.1. The summed E-state index contributed by atoms with van der Waals surface area (Å²) in [5.41, 5.74) is 3.13. The molecule has 4 heterocycles. The average Bonchev–Trinajstić information content (AvgIpc) is 3.62. The summed E-state index contributed by atoms with van der Waals surface area (Å²) >= 11 is 9.04. The topological polar surface area (TPSA) is 79.5 Å². The highest BCUT2D eigenvalue weighted by molar-refractivity contribution is 7.29. The molecule has 38 heavy (non-hydrogen) atoms. The normalized spacial score (nSPS) is 14.4. The van der Waals surface area contributed by atoms with Gasteiger partial charge in [-0.2, -0.15) is 0 Å². The number of thiophene rings is 1. The number of benzene rings is 2. The molecule has 1 amide bonds. The molecule has 0 aliphatic carbocycles. The minimum absolute atomic E-state index is 0.0607. The fraction of sp³-hybridized carbons (Fsp3) is 0.286. The van der Waals surface area contributed by atoms with Crippen LogP contribution in [0, 0.1) is 5.92 Å². The highest BCUT2D eigenvalue weighted by Crippen LogP contribution is 2.37. The predicted octanol–water partition coefficient (Wildman–Crippen LogP) is 6.55. The summed E-state index contributed by atoms with van der Waals surface area (Å²) in [4.78, 5) is 40.3. The average molecular weight is 565 g/mol. The first-order chi connectivity index (χ1) is 18.3. The lowest BCUT2D eigenvalue weighted by atomic mass is 9.96. The fourth-order valence-electron chi connectivity index (χ4n) is 4.75. The van der Waals surface area contributed by atoms with Crippen LogP contribution in [-0.4, -0.2) is 53.7 Å². The first-order valence-electron chi connectivity index (χ1n) is 12.4. The highest BCUT2D eigenvalue weighted by Gasteiger charge is 2.28. The van der Waals surface area contributed by atoms with E-state index in [2.05, 4.69) is 9.88 Å². The van der Waals surface area contributed by atoms with Gasteiger partial charge in [0.1, 0.15) is 10.3 Å². The summed E-state index contributed by atoms with van der Waals surface area (Å²) in [5, 5.41) is 1.62. The van der Waals surface area contributed by atoms with Gasteiger partial charge in [0.2, 0.25) is 11.8 Å². The number of amides is 1. The Morgan fingerprint density at radius 1 is 1.05 bits per heavy atom. The van der Waals surface area contributed by atoms with Gasteiger partial charge in [0.25, 0.3) is 0 Å². The molecule has 194 valence electrons. The van der Waals surface area contributed by atoms with Gasteiger partial charge in [0.05, 0.1) is 9.58 Å². The zero-order valence-electron chi connectivity index (χ0n) is 20.9. The fourth-order valence-corrected chi connectivity index (χ4v) is 7.08. The van der Waals surface area contributed by atoms with Gasteiger partial charge in [-0.3, -0.25) is 9.59 Å². The number of hydrogen-bond acceptors (Lipinski definition) is 8. The standard InChI is InChI=1S/C28H25ClN4O3S2/c1-32(2)27(35)18-9-11-33(12-10-18)28-31-26-24(38-28)15-23(37-26)21(34)14-16-3-8-22-20(13-16)30-25(36-22)17-4-6-19(29)7-5-17/h3-8,13,15,18H,9-12,14H2,1-2H3. The number of carbonyl (C=O) groups excluding carboxylic acids is 2. The number of ketones is 1. The smallest absolute Gasteiger partial charge is 0.227 e. The summed E-state index contributed by atoms with van der Waals surface area (Å²) in [6, 6.07) is 15.0. The van der Waals surface area contributed by atoms with Crippen molar-refractivity contribution < 1.29 is 14.0 Å². The van der Waals surface area contributed by atoms with E-state index < -0.39 is 0 Å². The number of fused-ring (bicyclic) bond motifs is 2. The van der Waals surface area contributed by atoms with Crippen molar-refractivity contribution in [2.45, 2.75) is 19.3 Å². The number of Topliss-reactive ketones (excluding diaryl/α,β-unsaturated/α-hetero) is 1. The number of carbonyl (C=O) groups is 2. The first kappa shape index (κ1) is 25.0. The second-order valence-corrected chi connectivity index (χ2v) is 12.2. The molecule has 2 aromatic carbocycles. The van der Waals surface area contributed by atoms with Crippen LogP contribution in [0.1, 0.15) is 28.1 Å². The van der Waals surface area contributed by atoms with Crippen molar-refractivity contribution in [3.63, 3.8) is 0 Å². The van der Waals surface area contributed by atoms with Crippen LogP contribution in [0.5, 0.6) is 0 Å². The third-order valence-electron chi connectivity index (χ3n) is 6.82. The lowest BCUT2D eigenvalue weighted by Gasteiger charge is -2.32. The van der Waals surface area contributed by atoms with Gasteiger partial charge in [0.15, 0.2) is 16.5 Å². The van der Waals surface area contributed by atoms with E-state index in [-0.39, 0.29) is 24.0 Å². The van der Waals surface area contributed by atoms with Crippen LogP contribution in [0.4, 0.5) is 5.13 Å². The number of thiazole rings is 1. The summed E-state index contributed by atoms with van der Waals surface area (Å²) in [5.74, 6) is 0.879. The molecule has 0 saturated carbocycles. The monoisotopic (exact) mass is 564 g/mol. The van der Waals surface area contributed by atoms with E-state index in [1.54, 1.807) is 28.4 Å². The highest BCUT2D eigenvalue weighted by atomic mass is 35.5. The minimum atomic E-state index is 0.0607. The Balaban J connectivity index is 1.13. The number of aromatic nitrogens is 2. The van der Waals surface area contributed by atoms with Crippen LogP contribution in [0.15, 0.2) is 52.9 Å². The Kier molecular flexibility index (Phi) is 6.67. The Hall–Kier alpha value is -3.27. The quantitative estimate of drug-likeness (QED) is 0.218. The number of nitrogens with zero attached hydrogens (tertiary/aromatic N) is 4. The van der Waals surface area contributed by atoms with Crippen LogP contribution >= 0.6 is 34.3 Å². The lowest BCUT2D eigenvalue weighted by molar-refractivity contribution is -0.133. The second-order valence-electron chi connectivity index (χ2n) is 9.70. The van der Waals surface area contributed by atoms with Crippen molar-refractivity contribution in [3.8, 4) is 11.5 Å². The van der Waals surface area contributed by atoms with Gasteiger partial charge in [-0.1, -0.05) is 29.0 Å². The molecule has 0 N–H and O–H groups in total. The molecule has 5 aromatic rings.